The van der Waals surface area contributed by atoms with Gasteiger partial charge in [0.05, 0.1) is 13.0 Å². The van der Waals surface area contributed by atoms with Gasteiger partial charge in [0.2, 0.25) is 5.91 Å². The van der Waals surface area contributed by atoms with E-state index in [-0.39, 0.29) is 6.42 Å². The molecule has 0 heterocycles. The van der Waals surface area contributed by atoms with Crippen LogP contribution in [-0.4, -0.2) is 29.8 Å². The molecule has 0 bridgehead atoms. The molecule has 1 aromatic rings. The first-order valence-corrected chi connectivity index (χ1v) is 5.84. The molecular weight excluding hydrogens is 315 g/mol. The van der Waals surface area contributed by atoms with Crippen molar-refractivity contribution in [1.29, 1.82) is 0 Å². The van der Waals surface area contributed by atoms with Crippen molar-refractivity contribution in [2.45, 2.75) is 18.7 Å². The zero-order chi connectivity index (χ0) is 13.8. The molecule has 1 rings (SSSR count). The second kappa shape index (κ2) is 6.19. The fourth-order valence-corrected chi connectivity index (χ4v) is 1.44. The van der Waals surface area contributed by atoms with Gasteiger partial charge in [-0.3, -0.25) is 4.79 Å². The molecule has 100 valence electrons. The molecule has 18 heavy (non-hydrogen) atoms. The zero-order valence-electron chi connectivity index (χ0n) is 9.17. The average molecular weight is 326 g/mol. The van der Waals surface area contributed by atoms with Crippen LogP contribution in [0.25, 0.3) is 0 Å². The zero-order valence-corrected chi connectivity index (χ0v) is 10.8. The van der Waals surface area contributed by atoms with Gasteiger partial charge in [0.1, 0.15) is 0 Å². The van der Waals surface area contributed by atoms with Crippen LogP contribution in [-0.2, 0) is 11.2 Å². The molecule has 1 aromatic carbocycles. The molecule has 0 spiro atoms. The molecule has 7 heteroatoms. The van der Waals surface area contributed by atoms with Gasteiger partial charge in [0, 0.05) is 4.47 Å². The number of nitrogens with one attached hydrogen (secondary N) is 1. The van der Waals surface area contributed by atoms with Gasteiger partial charge in [-0.1, -0.05) is 28.1 Å². The van der Waals surface area contributed by atoms with Crippen molar-refractivity contribution in [2.75, 3.05) is 6.54 Å². The van der Waals surface area contributed by atoms with E-state index in [1.165, 1.54) is 0 Å². The van der Waals surface area contributed by atoms with Crippen molar-refractivity contribution in [3.8, 4) is 0 Å². The molecular formula is C11H11BrF3NO2. The minimum Gasteiger partial charge on any atom is -0.382 e. The summed E-state index contributed by atoms with van der Waals surface area (Å²) in [6, 6.07) is 6.83. The highest BCUT2D eigenvalue weighted by Crippen LogP contribution is 2.19. The maximum atomic E-state index is 12.0. The number of carbonyl (C=O) groups excluding carboxylic acids is 1. The number of carbonyl (C=O) groups is 1. The summed E-state index contributed by atoms with van der Waals surface area (Å²) in [7, 11) is 0. The predicted octanol–water partition coefficient (Wildman–Crippen LogP) is 2.03. The molecule has 0 radical (unpaired) electrons. The number of benzene rings is 1. The fourth-order valence-electron chi connectivity index (χ4n) is 1.18. The first-order valence-electron chi connectivity index (χ1n) is 5.05. The predicted molar refractivity (Wildman–Crippen MR) is 62.9 cm³/mol. The number of hydrogen-bond donors (Lipinski definition) is 2. The Labute approximate surface area is 110 Å². The molecule has 0 fully saturated rings. The van der Waals surface area contributed by atoms with Crippen LogP contribution in [0, 0.1) is 0 Å². The number of rotatable bonds is 4. The Hall–Kier alpha value is -1.08. The first kappa shape index (κ1) is 15.0. The number of hydrogen-bond acceptors (Lipinski definition) is 2. The quantitative estimate of drug-likeness (QED) is 0.890. The van der Waals surface area contributed by atoms with E-state index in [0.717, 1.165) is 4.47 Å². The van der Waals surface area contributed by atoms with Crippen LogP contribution in [0.3, 0.4) is 0 Å². The summed E-state index contributed by atoms with van der Waals surface area (Å²) in [5.74, 6) is -0.569. The van der Waals surface area contributed by atoms with E-state index in [2.05, 4.69) is 15.9 Å². The number of alkyl halides is 3. The summed E-state index contributed by atoms with van der Waals surface area (Å²) in [5.41, 5.74) is 0.678. The third-order valence-electron chi connectivity index (χ3n) is 2.15. The third-order valence-corrected chi connectivity index (χ3v) is 2.68. The molecule has 1 amide bonds. The van der Waals surface area contributed by atoms with E-state index in [1.807, 2.05) is 5.32 Å². The van der Waals surface area contributed by atoms with Crippen LogP contribution in [0.4, 0.5) is 13.2 Å². The van der Waals surface area contributed by atoms with Gasteiger partial charge < -0.3 is 10.4 Å². The van der Waals surface area contributed by atoms with E-state index >= 15 is 0 Å². The number of halogens is 4. The van der Waals surface area contributed by atoms with Crippen molar-refractivity contribution < 1.29 is 23.1 Å². The van der Waals surface area contributed by atoms with Crippen LogP contribution in [0.15, 0.2) is 28.7 Å². The molecule has 0 saturated carbocycles. The normalized spacial score (nSPS) is 13.2. The van der Waals surface area contributed by atoms with Crippen LogP contribution in [0.2, 0.25) is 0 Å². The Balaban J connectivity index is 2.41. The van der Waals surface area contributed by atoms with Crippen molar-refractivity contribution >= 4 is 21.8 Å². The SMILES string of the molecule is O=C(Cc1ccc(Br)cc1)NCC(O)C(F)(F)F. The Kier molecular flexibility index (Phi) is 5.15. The Morgan fingerprint density at radius 1 is 1.33 bits per heavy atom. The topological polar surface area (TPSA) is 49.3 Å². The average Bonchev–Trinajstić information content (AvgIpc) is 2.28. The number of aliphatic hydroxyl groups excluding tert-OH is 1. The Morgan fingerprint density at radius 2 is 1.89 bits per heavy atom. The Morgan fingerprint density at radius 3 is 2.39 bits per heavy atom. The Bertz CT molecular complexity index is 406. The van der Waals surface area contributed by atoms with Gasteiger partial charge in [-0.2, -0.15) is 13.2 Å². The van der Waals surface area contributed by atoms with Crippen molar-refractivity contribution in [2.24, 2.45) is 0 Å². The lowest BCUT2D eigenvalue weighted by molar-refractivity contribution is -0.201. The lowest BCUT2D eigenvalue weighted by atomic mass is 10.1. The third kappa shape index (κ3) is 5.05. The smallest absolute Gasteiger partial charge is 0.382 e. The number of amides is 1. The molecule has 3 nitrogen and oxygen atoms in total. The van der Waals surface area contributed by atoms with Gasteiger partial charge in [0.15, 0.2) is 6.10 Å². The summed E-state index contributed by atoms with van der Waals surface area (Å²) in [4.78, 5) is 11.3. The second-order valence-corrected chi connectivity index (χ2v) is 4.58. The van der Waals surface area contributed by atoms with Crippen molar-refractivity contribution in [1.82, 2.24) is 5.32 Å². The molecule has 0 saturated heterocycles. The van der Waals surface area contributed by atoms with E-state index in [0.29, 0.717) is 5.56 Å². The molecule has 0 aliphatic rings. The van der Waals surface area contributed by atoms with Crippen LogP contribution in [0.5, 0.6) is 0 Å². The van der Waals surface area contributed by atoms with E-state index in [9.17, 15) is 18.0 Å². The fraction of sp³-hybridized carbons (Fsp3) is 0.364. The molecule has 0 aromatic heterocycles. The standard InChI is InChI=1S/C11H11BrF3NO2/c12-8-3-1-7(2-4-8)5-10(18)16-6-9(17)11(13,14)15/h1-4,9,17H,5-6H2,(H,16,18). The van der Waals surface area contributed by atoms with Crippen LogP contribution < -0.4 is 5.32 Å². The van der Waals surface area contributed by atoms with Gasteiger partial charge in [0.25, 0.3) is 0 Å². The van der Waals surface area contributed by atoms with Crippen LogP contribution >= 0.6 is 15.9 Å². The monoisotopic (exact) mass is 325 g/mol. The van der Waals surface area contributed by atoms with E-state index in [4.69, 9.17) is 5.11 Å². The molecule has 1 atom stereocenters. The van der Waals surface area contributed by atoms with Crippen molar-refractivity contribution in [3.05, 3.63) is 34.3 Å². The molecule has 2 N–H and O–H groups in total. The highest BCUT2D eigenvalue weighted by Gasteiger charge is 2.38. The van der Waals surface area contributed by atoms with Gasteiger partial charge in [-0.05, 0) is 17.7 Å². The summed E-state index contributed by atoms with van der Waals surface area (Å²) in [5, 5.41) is 10.7. The van der Waals surface area contributed by atoms with Crippen LogP contribution in [0.1, 0.15) is 5.56 Å². The van der Waals surface area contributed by atoms with Crippen molar-refractivity contribution in [3.63, 3.8) is 0 Å². The first-order chi connectivity index (χ1) is 8.29. The van der Waals surface area contributed by atoms with Gasteiger partial charge in [-0.25, -0.2) is 0 Å². The van der Waals surface area contributed by atoms with E-state index in [1.54, 1.807) is 24.3 Å². The summed E-state index contributed by atoms with van der Waals surface area (Å²) in [6.45, 7) is -0.834. The van der Waals surface area contributed by atoms with Gasteiger partial charge >= 0.3 is 6.18 Å². The maximum absolute atomic E-state index is 12.0. The number of aliphatic hydroxyl groups is 1. The van der Waals surface area contributed by atoms with Gasteiger partial charge in [-0.15, -0.1) is 0 Å². The second-order valence-electron chi connectivity index (χ2n) is 3.66. The minimum absolute atomic E-state index is 0.0299. The summed E-state index contributed by atoms with van der Waals surface area (Å²) < 4.78 is 36.7. The largest absolute Gasteiger partial charge is 0.416 e. The molecule has 0 aliphatic carbocycles. The summed E-state index contributed by atoms with van der Waals surface area (Å²) in [6.07, 6.45) is -7.28. The minimum atomic E-state index is -4.72. The molecule has 0 aliphatic heterocycles. The lowest BCUT2D eigenvalue weighted by Crippen LogP contribution is -2.41. The maximum Gasteiger partial charge on any atom is 0.416 e. The highest BCUT2D eigenvalue weighted by molar-refractivity contribution is 9.10. The van der Waals surface area contributed by atoms with E-state index < -0.39 is 24.7 Å². The summed E-state index contributed by atoms with van der Waals surface area (Å²) >= 11 is 3.22. The highest BCUT2D eigenvalue weighted by atomic mass is 79.9. The lowest BCUT2D eigenvalue weighted by Gasteiger charge is -2.14. The molecule has 1 unspecified atom stereocenters.